The van der Waals surface area contributed by atoms with Crippen LogP contribution in [-0.4, -0.2) is 44.9 Å². The molecule has 0 spiro atoms. The van der Waals surface area contributed by atoms with Crippen LogP contribution in [0, 0.1) is 0 Å². The second-order valence-electron chi connectivity index (χ2n) is 7.21. The van der Waals surface area contributed by atoms with Gasteiger partial charge in [-0.1, -0.05) is 24.3 Å². The van der Waals surface area contributed by atoms with Crippen molar-refractivity contribution in [1.82, 2.24) is 5.32 Å². The van der Waals surface area contributed by atoms with Crippen molar-refractivity contribution in [2.24, 2.45) is 0 Å². The summed E-state index contributed by atoms with van der Waals surface area (Å²) in [6.07, 6.45) is 2.32. The third kappa shape index (κ3) is 6.98. The first-order chi connectivity index (χ1) is 13.1. The van der Waals surface area contributed by atoms with Gasteiger partial charge in [0.2, 0.25) is 5.91 Å². The van der Waals surface area contributed by atoms with Crippen LogP contribution in [0.1, 0.15) is 24.5 Å². The predicted octanol–water partition coefficient (Wildman–Crippen LogP) is 2.14. The second kappa shape index (κ2) is 9.21. The number of ether oxygens (including phenoxy) is 1. The largest absolute Gasteiger partial charge is 0.497 e. The third-order valence-corrected chi connectivity index (χ3v) is 5.53. The van der Waals surface area contributed by atoms with E-state index in [0.717, 1.165) is 23.1 Å². The van der Waals surface area contributed by atoms with Crippen molar-refractivity contribution in [2.75, 3.05) is 19.9 Å². The molecule has 0 bridgehead atoms. The molecule has 1 amide bonds. The van der Waals surface area contributed by atoms with Crippen LogP contribution < -0.4 is 10.1 Å². The summed E-state index contributed by atoms with van der Waals surface area (Å²) < 4.78 is 28.0. The predicted molar refractivity (Wildman–Crippen MR) is 108 cm³/mol. The summed E-state index contributed by atoms with van der Waals surface area (Å²) in [5.41, 5.74) is 0.764. The summed E-state index contributed by atoms with van der Waals surface area (Å²) in [6.45, 7) is 1.83. The maximum absolute atomic E-state index is 12.1. The highest BCUT2D eigenvalue weighted by Crippen LogP contribution is 2.17. The maximum atomic E-state index is 12.1. The second-order valence-corrected chi connectivity index (χ2v) is 9.23. The molecule has 2 aromatic carbocycles. The Morgan fingerprint density at radius 3 is 2.18 bits per heavy atom. The summed E-state index contributed by atoms with van der Waals surface area (Å²) in [5, 5.41) is 13.3. The van der Waals surface area contributed by atoms with E-state index >= 15 is 0 Å². The number of carbonyl (C=O) groups is 1. The molecule has 0 aliphatic rings. The van der Waals surface area contributed by atoms with Crippen LogP contribution in [-0.2, 0) is 27.5 Å². The van der Waals surface area contributed by atoms with Gasteiger partial charge in [0.25, 0.3) is 0 Å². The molecule has 0 heterocycles. The third-order valence-electron chi connectivity index (χ3n) is 4.40. The molecule has 7 heteroatoms. The quantitative estimate of drug-likeness (QED) is 0.667. The molecule has 1 unspecified atom stereocenters. The molecular formula is C21H27NO5S. The minimum absolute atomic E-state index is 0.144. The first-order valence-electron chi connectivity index (χ1n) is 9.00. The number of aryl methyl sites for hydroxylation is 1. The summed E-state index contributed by atoms with van der Waals surface area (Å²) in [7, 11) is -1.62. The van der Waals surface area contributed by atoms with E-state index < -0.39 is 15.4 Å². The lowest BCUT2D eigenvalue weighted by Crippen LogP contribution is -2.42. The number of carbonyl (C=O) groups excluding carboxylic acids is 1. The number of aliphatic hydroxyl groups is 1. The Bertz CT molecular complexity index is 887. The number of hydrogen-bond acceptors (Lipinski definition) is 5. The van der Waals surface area contributed by atoms with Gasteiger partial charge in [0, 0.05) is 25.6 Å². The Morgan fingerprint density at radius 1 is 1.07 bits per heavy atom. The SMILES string of the molecule is COc1ccc(CC(C)(O)CNC(=O)CCc2ccc(S(C)(=O)=O)cc2)cc1. The minimum Gasteiger partial charge on any atom is -0.497 e. The lowest BCUT2D eigenvalue weighted by molar-refractivity contribution is -0.122. The standard InChI is InChI=1S/C21H27NO5S/c1-21(24,14-17-4-9-18(27-2)10-5-17)15-22-20(23)13-8-16-6-11-19(12-7-16)28(3,25)26/h4-7,9-12,24H,8,13-15H2,1-3H3,(H,22,23). The van der Waals surface area contributed by atoms with E-state index in [1.54, 1.807) is 38.3 Å². The van der Waals surface area contributed by atoms with Gasteiger partial charge in [-0.15, -0.1) is 0 Å². The van der Waals surface area contributed by atoms with Gasteiger partial charge in [-0.05, 0) is 48.7 Å². The Hall–Kier alpha value is -2.38. The molecular weight excluding hydrogens is 378 g/mol. The molecule has 0 fully saturated rings. The minimum atomic E-state index is -3.22. The van der Waals surface area contributed by atoms with Gasteiger partial charge in [-0.3, -0.25) is 4.79 Å². The van der Waals surface area contributed by atoms with E-state index in [2.05, 4.69) is 5.32 Å². The lowest BCUT2D eigenvalue weighted by Gasteiger charge is -2.24. The van der Waals surface area contributed by atoms with Crippen molar-refractivity contribution in [2.45, 2.75) is 36.7 Å². The summed E-state index contributed by atoms with van der Waals surface area (Å²) in [4.78, 5) is 12.4. The molecule has 2 N–H and O–H groups in total. The number of hydrogen-bond donors (Lipinski definition) is 2. The fourth-order valence-electron chi connectivity index (χ4n) is 2.78. The van der Waals surface area contributed by atoms with E-state index in [9.17, 15) is 18.3 Å². The van der Waals surface area contributed by atoms with E-state index in [1.807, 2.05) is 24.3 Å². The van der Waals surface area contributed by atoms with Crippen molar-refractivity contribution in [3.8, 4) is 5.75 Å². The van der Waals surface area contributed by atoms with Crippen LogP contribution in [0.15, 0.2) is 53.4 Å². The Balaban J connectivity index is 1.80. The summed E-state index contributed by atoms with van der Waals surface area (Å²) in [6, 6.07) is 13.9. The van der Waals surface area contributed by atoms with Crippen molar-refractivity contribution >= 4 is 15.7 Å². The molecule has 0 radical (unpaired) electrons. The average molecular weight is 406 g/mol. The first-order valence-corrected chi connectivity index (χ1v) is 10.9. The molecule has 0 aliphatic heterocycles. The molecule has 0 saturated carbocycles. The van der Waals surface area contributed by atoms with Crippen LogP contribution in [0.3, 0.4) is 0 Å². The fourth-order valence-corrected chi connectivity index (χ4v) is 3.41. The number of methoxy groups -OCH3 is 1. The van der Waals surface area contributed by atoms with Gasteiger partial charge < -0.3 is 15.2 Å². The van der Waals surface area contributed by atoms with E-state index in [0.29, 0.717) is 12.8 Å². The highest BCUT2D eigenvalue weighted by Gasteiger charge is 2.22. The number of nitrogens with one attached hydrogen (secondary N) is 1. The number of amides is 1. The zero-order valence-electron chi connectivity index (χ0n) is 16.4. The Kier molecular flexibility index (Phi) is 7.21. The summed E-state index contributed by atoms with van der Waals surface area (Å²) in [5.74, 6) is 0.587. The van der Waals surface area contributed by atoms with Crippen molar-refractivity contribution in [3.05, 3.63) is 59.7 Å². The molecule has 6 nitrogen and oxygen atoms in total. The maximum Gasteiger partial charge on any atom is 0.220 e. The Labute approximate surface area is 166 Å². The van der Waals surface area contributed by atoms with Gasteiger partial charge in [-0.25, -0.2) is 8.42 Å². The molecule has 0 aromatic heterocycles. The molecule has 2 rings (SSSR count). The van der Waals surface area contributed by atoms with E-state index in [-0.39, 0.29) is 23.8 Å². The summed E-state index contributed by atoms with van der Waals surface area (Å²) >= 11 is 0. The topological polar surface area (TPSA) is 92.7 Å². The monoisotopic (exact) mass is 405 g/mol. The van der Waals surface area contributed by atoms with Crippen LogP contribution >= 0.6 is 0 Å². The molecule has 152 valence electrons. The smallest absolute Gasteiger partial charge is 0.220 e. The molecule has 28 heavy (non-hydrogen) atoms. The average Bonchev–Trinajstić information content (AvgIpc) is 2.65. The molecule has 1 atom stereocenters. The molecule has 0 saturated heterocycles. The number of benzene rings is 2. The normalized spacial score (nSPS) is 13.6. The highest BCUT2D eigenvalue weighted by molar-refractivity contribution is 7.90. The number of sulfone groups is 1. The van der Waals surface area contributed by atoms with Crippen molar-refractivity contribution in [3.63, 3.8) is 0 Å². The fraction of sp³-hybridized carbons (Fsp3) is 0.381. The van der Waals surface area contributed by atoms with Crippen LogP contribution in [0.2, 0.25) is 0 Å². The van der Waals surface area contributed by atoms with Gasteiger partial charge >= 0.3 is 0 Å². The van der Waals surface area contributed by atoms with Gasteiger partial charge in [0.05, 0.1) is 17.6 Å². The zero-order valence-corrected chi connectivity index (χ0v) is 17.3. The van der Waals surface area contributed by atoms with Gasteiger partial charge in [-0.2, -0.15) is 0 Å². The molecule has 0 aliphatic carbocycles. The molecule has 2 aromatic rings. The van der Waals surface area contributed by atoms with E-state index in [1.165, 1.54) is 0 Å². The Morgan fingerprint density at radius 2 is 1.64 bits per heavy atom. The van der Waals surface area contributed by atoms with Gasteiger partial charge in [0.15, 0.2) is 9.84 Å². The van der Waals surface area contributed by atoms with Crippen LogP contribution in [0.5, 0.6) is 5.75 Å². The zero-order chi connectivity index (χ0) is 20.8. The number of rotatable bonds is 9. The first kappa shape index (κ1) is 21.9. The van der Waals surface area contributed by atoms with Crippen molar-refractivity contribution in [1.29, 1.82) is 0 Å². The highest BCUT2D eigenvalue weighted by atomic mass is 32.2. The lowest BCUT2D eigenvalue weighted by atomic mass is 9.96. The van der Waals surface area contributed by atoms with Crippen LogP contribution in [0.4, 0.5) is 0 Å². The van der Waals surface area contributed by atoms with Crippen molar-refractivity contribution < 1.29 is 23.1 Å². The van der Waals surface area contributed by atoms with E-state index in [4.69, 9.17) is 4.74 Å². The van der Waals surface area contributed by atoms with Crippen LogP contribution in [0.25, 0.3) is 0 Å². The van der Waals surface area contributed by atoms with Gasteiger partial charge in [0.1, 0.15) is 5.75 Å².